The summed E-state index contributed by atoms with van der Waals surface area (Å²) in [5.41, 5.74) is -0.554. The van der Waals surface area contributed by atoms with Crippen LogP contribution in [-0.4, -0.2) is 30.3 Å². The molecule has 0 radical (unpaired) electrons. The summed E-state index contributed by atoms with van der Waals surface area (Å²) < 4.78 is 75.4. The normalized spacial score (nSPS) is 13.7. The van der Waals surface area contributed by atoms with Crippen LogP contribution in [0, 0.1) is 11.5 Å². The third-order valence-corrected chi connectivity index (χ3v) is 19.5. The first-order valence-corrected chi connectivity index (χ1v) is 19.4. The molecule has 0 spiro atoms. The largest absolute Gasteiger partial charge is 0.543 e. The molecular formula is C28H41F3O4SSi2. The van der Waals surface area contributed by atoms with E-state index < -0.39 is 37.8 Å². The predicted molar refractivity (Wildman–Crippen MR) is 155 cm³/mol. The molecule has 0 N–H and O–H groups in total. The van der Waals surface area contributed by atoms with Crippen molar-refractivity contribution in [3.8, 4) is 23.0 Å². The van der Waals surface area contributed by atoms with Gasteiger partial charge in [-0.15, -0.1) is 5.54 Å². The van der Waals surface area contributed by atoms with Gasteiger partial charge in [-0.25, -0.2) is 0 Å². The maximum Gasteiger partial charge on any atom is 0.534 e. The van der Waals surface area contributed by atoms with Gasteiger partial charge in [0.1, 0.15) is 13.8 Å². The molecule has 0 bridgehead atoms. The molecule has 4 nitrogen and oxygen atoms in total. The zero-order valence-corrected chi connectivity index (χ0v) is 27.1. The Morgan fingerprint density at radius 1 is 0.895 bits per heavy atom. The summed E-state index contributed by atoms with van der Waals surface area (Å²) in [7, 11) is -10.5. The lowest BCUT2D eigenvalue weighted by atomic mass is 10.0. The van der Waals surface area contributed by atoms with Crippen molar-refractivity contribution in [2.24, 2.45) is 0 Å². The molecule has 0 aliphatic carbocycles. The quantitative estimate of drug-likeness (QED) is 0.141. The van der Waals surface area contributed by atoms with Crippen LogP contribution in [0.25, 0.3) is 10.8 Å². The van der Waals surface area contributed by atoms with Gasteiger partial charge in [-0.3, -0.25) is 0 Å². The monoisotopic (exact) mass is 586 g/mol. The SMILES string of the molecule is CC(C)[Si](C#Cc1cccc2cc(O[Si](C)(C)C(C)(C)C)cc(OS(=O)(=O)C(F)(F)F)c12)(C(C)C)C(C)C. The van der Waals surface area contributed by atoms with E-state index in [1.54, 1.807) is 24.3 Å². The number of rotatable bonds is 7. The van der Waals surface area contributed by atoms with Crippen molar-refractivity contribution >= 4 is 37.3 Å². The third kappa shape index (κ3) is 6.42. The highest BCUT2D eigenvalue weighted by atomic mass is 32.2. The summed E-state index contributed by atoms with van der Waals surface area (Å²) in [4.78, 5) is 0. The molecule has 0 fully saturated rings. The fourth-order valence-corrected chi connectivity index (χ4v) is 11.5. The average Bonchev–Trinajstić information content (AvgIpc) is 2.71. The molecule has 2 rings (SSSR count). The fraction of sp³-hybridized carbons (Fsp3) is 0.571. The summed E-state index contributed by atoms with van der Waals surface area (Å²) in [6, 6.07) is 8.11. The number of benzene rings is 2. The molecule has 0 atom stereocenters. The van der Waals surface area contributed by atoms with Crippen molar-refractivity contribution in [1.29, 1.82) is 0 Å². The molecule has 2 aromatic carbocycles. The number of alkyl halides is 3. The van der Waals surface area contributed by atoms with Crippen LogP contribution in [0.3, 0.4) is 0 Å². The fourth-order valence-electron chi connectivity index (χ4n) is 4.81. The van der Waals surface area contributed by atoms with Crippen LogP contribution < -0.4 is 8.61 Å². The maximum absolute atomic E-state index is 13.4. The second-order valence-corrected chi connectivity index (χ2v) is 24.2. The van der Waals surface area contributed by atoms with Gasteiger partial charge < -0.3 is 8.61 Å². The highest BCUT2D eigenvalue weighted by molar-refractivity contribution is 7.88. The Morgan fingerprint density at radius 3 is 1.87 bits per heavy atom. The first kappa shape index (κ1) is 32.2. The number of hydrogen-bond donors (Lipinski definition) is 0. The highest BCUT2D eigenvalue weighted by Gasteiger charge is 2.49. The molecule has 212 valence electrons. The van der Waals surface area contributed by atoms with E-state index in [0.29, 0.717) is 27.6 Å². The summed E-state index contributed by atoms with van der Waals surface area (Å²) in [5.74, 6) is 3.07. The molecule has 0 aliphatic heterocycles. The Balaban J connectivity index is 2.90. The van der Waals surface area contributed by atoms with Crippen LogP contribution in [0.15, 0.2) is 30.3 Å². The smallest absolute Gasteiger partial charge is 0.534 e. The lowest BCUT2D eigenvalue weighted by Crippen LogP contribution is -2.43. The molecule has 0 saturated carbocycles. The lowest BCUT2D eigenvalue weighted by Gasteiger charge is -2.38. The molecule has 0 aliphatic rings. The molecule has 2 aromatic rings. The van der Waals surface area contributed by atoms with Crippen LogP contribution in [0.5, 0.6) is 11.5 Å². The number of halogens is 3. The predicted octanol–water partition coefficient (Wildman–Crippen LogP) is 9.02. The summed E-state index contributed by atoms with van der Waals surface area (Å²) in [6.07, 6.45) is 0. The van der Waals surface area contributed by atoms with E-state index in [-0.39, 0.29) is 16.2 Å². The van der Waals surface area contributed by atoms with E-state index in [1.165, 1.54) is 6.07 Å². The zero-order valence-electron chi connectivity index (χ0n) is 24.3. The topological polar surface area (TPSA) is 52.6 Å². The summed E-state index contributed by atoms with van der Waals surface area (Å²) in [6.45, 7) is 23.1. The number of fused-ring (bicyclic) bond motifs is 1. The Morgan fingerprint density at radius 2 is 1.42 bits per heavy atom. The number of hydrogen-bond acceptors (Lipinski definition) is 4. The lowest BCUT2D eigenvalue weighted by molar-refractivity contribution is -0.0499. The minimum atomic E-state index is -5.92. The average molecular weight is 587 g/mol. The molecule has 10 heteroatoms. The molecular weight excluding hydrogens is 546 g/mol. The molecule has 0 aromatic heterocycles. The Kier molecular flexibility index (Phi) is 9.24. The standard InChI is InChI=1S/C28H41F3O4SSi2/c1-19(2)38(20(3)4,21(5)6)16-15-22-13-12-14-23-17-24(35-37(10,11)27(7,8)9)18-25(26(22)23)34-36(32,33)28(29,30)31/h12-14,17-21H,1-11H3. The van der Waals surface area contributed by atoms with E-state index in [2.05, 4.69) is 53.0 Å². The van der Waals surface area contributed by atoms with Crippen molar-refractivity contribution in [3.63, 3.8) is 0 Å². The van der Waals surface area contributed by atoms with E-state index in [0.717, 1.165) is 0 Å². The molecule has 0 heterocycles. The molecule has 0 amide bonds. The van der Waals surface area contributed by atoms with Gasteiger partial charge in [-0.05, 0) is 52.3 Å². The Bertz CT molecular complexity index is 1310. The zero-order chi connectivity index (χ0) is 29.5. The van der Waals surface area contributed by atoms with Crippen LogP contribution >= 0.6 is 0 Å². The highest BCUT2D eigenvalue weighted by Crippen LogP contribution is 2.43. The minimum Gasteiger partial charge on any atom is -0.543 e. The van der Waals surface area contributed by atoms with Crippen molar-refractivity contribution < 1.29 is 30.2 Å². The van der Waals surface area contributed by atoms with Gasteiger partial charge in [0, 0.05) is 17.0 Å². The van der Waals surface area contributed by atoms with Crippen molar-refractivity contribution in [2.45, 2.75) is 103 Å². The van der Waals surface area contributed by atoms with Gasteiger partial charge in [-0.1, -0.05) is 80.4 Å². The summed E-state index contributed by atoms with van der Waals surface area (Å²) in [5, 5.41) is 0.521. The Labute approximate surface area is 228 Å². The van der Waals surface area contributed by atoms with Gasteiger partial charge in [0.2, 0.25) is 8.32 Å². The van der Waals surface area contributed by atoms with E-state index >= 15 is 0 Å². The van der Waals surface area contributed by atoms with Crippen LogP contribution in [-0.2, 0) is 10.1 Å². The minimum absolute atomic E-state index is 0.188. The van der Waals surface area contributed by atoms with Crippen molar-refractivity contribution in [1.82, 2.24) is 0 Å². The summed E-state index contributed by atoms with van der Waals surface area (Å²) >= 11 is 0. The molecule has 0 unspecified atom stereocenters. The molecule has 38 heavy (non-hydrogen) atoms. The van der Waals surface area contributed by atoms with Gasteiger partial charge >= 0.3 is 15.6 Å². The van der Waals surface area contributed by atoms with Gasteiger partial charge in [0.05, 0.1) is 0 Å². The first-order valence-electron chi connectivity index (χ1n) is 12.9. The third-order valence-electron chi connectivity index (χ3n) is 7.86. The second-order valence-electron chi connectivity index (χ2n) is 12.3. The van der Waals surface area contributed by atoms with Crippen LogP contribution in [0.1, 0.15) is 67.9 Å². The second kappa shape index (κ2) is 10.9. The van der Waals surface area contributed by atoms with Crippen molar-refractivity contribution in [2.75, 3.05) is 0 Å². The Hall–Kier alpha value is -1.97. The maximum atomic E-state index is 13.4. The van der Waals surface area contributed by atoms with Crippen LogP contribution in [0.4, 0.5) is 13.2 Å². The van der Waals surface area contributed by atoms with E-state index in [1.807, 2.05) is 33.9 Å². The first-order chi connectivity index (χ1) is 17.1. The van der Waals surface area contributed by atoms with Gasteiger partial charge in [0.25, 0.3) is 0 Å². The van der Waals surface area contributed by atoms with Crippen molar-refractivity contribution in [3.05, 3.63) is 35.9 Å². The van der Waals surface area contributed by atoms with Crippen LogP contribution in [0.2, 0.25) is 34.8 Å². The van der Waals surface area contributed by atoms with Gasteiger partial charge in [0.15, 0.2) is 5.75 Å². The van der Waals surface area contributed by atoms with Gasteiger partial charge in [-0.2, -0.15) is 21.6 Å². The van der Waals surface area contributed by atoms with E-state index in [4.69, 9.17) is 8.61 Å². The molecule has 0 saturated heterocycles. The van der Waals surface area contributed by atoms with E-state index in [9.17, 15) is 21.6 Å².